The standard InChI is InChI=1S/C69H57B2N3OS/c1-43(2)46-36-54(44(3)4)68(55(37-46)45(5)6)71-57-30-18-21-33-66(57)76-67-42-61-58(41-59(67)71)70-56-29-17-19-31-60(56)74(50-34-35-53-52-28-16-20-32-64(52)75-65(53)40-50)63-39-51(38-62(69(63)70)73(61)49-26-14-9-15-27-49)72(47-22-10-7-11-23-47)48-24-12-8-13-25-48/h7-45H,1-6H3. The molecule has 0 atom stereocenters. The van der Waals surface area contributed by atoms with Crippen molar-refractivity contribution in [2.24, 2.45) is 0 Å². The van der Waals surface area contributed by atoms with E-state index < -0.39 is 0 Å². The Kier molecular flexibility index (Phi) is 11.2. The van der Waals surface area contributed by atoms with Gasteiger partial charge in [-0.2, -0.15) is 0 Å². The molecule has 0 radical (unpaired) electrons. The topological polar surface area (TPSA) is 22.9 Å². The van der Waals surface area contributed by atoms with Crippen molar-refractivity contribution in [2.75, 3.05) is 14.7 Å². The summed E-state index contributed by atoms with van der Waals surface area (Å²) < 4.78 is 6.68. The second-order valence-electron chi connectivity index (χ2n) is 21.8. The fourth-order valence-corrected chi connectivity index (χ4v) is 13.9. The van der Waals surface area contributed by atoms with E-state index in [4.69, 9.17) is 4.42 Å². The van der Waals surface area contributed by atoms with Crippen molar-refractivity contribution in [1.82, 2.24) is 0 Å². The molecule has 1 aromatic heterocycles. The van der Waals surface area contributed by atoms with Gasteiger partial charge in [-0.1, -0.05) is 197 Å². The summed E-state index contributed by atoms with van der Waals surface area (Å²) in [5.74, 6) is 1.11. The summed E-state index contributed by atoms with van der Waals surface area (Å²) >= 11 is 1.93. The number of rotatable bonds is 9. The lowest BCUT2D eigenvalue weighted by atomic mass is 9.31. The van der Waals surface area contributed by atoms with Crippen LogP contribution in [-0.2, 0) is 0 Å². The number of anilines is 9. The maximum Gasteiger partial charge on any atom is 0.252 e. The Morgan fingerprint density at radius 2 is 0.947 bits per heavy atom. The molecule has 0 saturated carbocycles. The van der Waals surface area contributed by atoms with Crippen LogP contribution in [0.1, 0.15) is 76.0 Å². The fraction of sp³-hybridized carbons (Fsp3) is 0.130. The largest absolute Gasteiger partial charge is 0.456 e. The van der Waals surface area contributed by atoms with Gasteiger partial charge in [-0.3, -0.25) is 0 Å². The average molecular weight is 998 g/mol. The van der Waals surface area contributed by atoms with Crippen molar-refractivity contribution in [3.05, 3.63) is 235 Å². The van der Waals surface area contributed by atoms with E-state index in [1.54, 1.807) is 0 Å². The molecule has 4 nitrogen and oxygen atoms in total. The second kappa shape index (κ2) is 18.3. The molecular weight excluding hydrogens is 940 g/mol. The molecule has 0 aliphatic carbocycles. The van der Waals surface area contributed by atoms with E-state index in [9.17, 15) is 0 Å². The first-order valence-electron chi connectivity index (χ1n) is 27.1. The lowest BCUT2D eigenvalue weighted by Gasteiger charge is -2.45. The van der Waals surface area contributed by atoms with Crippen molar-refractivity contribution >= 4 is 131 Å². The Balaban J connectivity index is 1.09. The molecule has 0 N–H and O–H groups in total. The quantitative estimate of drug-likeness (QED) is 0.134. The smallest absolute Gasteiger partial charge is 0.252 e. The summed E-state index contributed by atoms with van der Waals surface area (Å²) in [4.78, 5) is 10.1. The molecule has 76 heavy (non-hydrogen) atoms. The zero-order valence-corrected chi connectivity index (χ0v) is 44.6. The molecule has 0 amide bonds. The van der Waals surface area contributed by atoms with Gasteiger partial charge in [-0.05, 0) is 136 Å². The van der Waals surface area contributed by atoms with Crippen LogP contribution in [0, 0.1) is 0 Å². The van der Waals surface area contributed by atoms with Crippen LogP contribution in [0.3, 0.4) is 0 Å². The van der Waals surface area contributed by atoms with Crippen molar-refractivity contribution in [3.63, 3.8) is 0 Å². The summed E-state index contributed by atoms with van der Waals surface area (Å²) in [6.07, 6.45) is 0. The summed E-state index contributed by atoms with van der Waals surface area (Å²) in [6.45, 7) is 14.2. The summed E-state index contributed by atoms with van der Waals surface area (Å²) in [5.41, 5.74) is 24.3. The number of benzene rings is 10. The molecular formula is C69H57B2N3OS. The highest BCUT2D eigenvalue weighted by Crippen LogP contribution is 2.49. The van der Waals surface area contributed by atoms with Gasteiger partial charge in [0.1, 0.15) is 11.2 Å². The van der Waals surface area contributed by atoms with E-state index >= 15 is 0 Å². The number of fused-ring (bicyclic) bond motifs is 9. The molecule has 366 valence electrons. The molecule has 10 aromatic carbocycles. The van der Waals surface area contributed by atoms with Gasteiger partial charge < -0.3 is 19.1 Å². The number of hydrogen-bond donors (Lipinski definition) is 0. The SMILES string of the molecule is CC(C)c1cc(C(C)C)c(B2c3ccccc3Sc3cc4c(cc32)B2c3ccccc3N(c3ccc5c(c3)oc3ccccc35)c3cc(N(c5ccccc5)c5ccccc5)cc(c32)N4c2ccccc2)c(C(C)C)c1. The summed E-state index contributed by atoms with van der Waals surface area (Å²) in [5, 5.41) is 2.24. The van der Waals surface area contributed by atoms with Crippen LogP contribution < -0.4 is 47.5 Å². The monoisotopic (exact) mass is 997 g/mol. The predicted molar refractivity (Wildman–Crippen MR) is 326 cm³/mol. The minimum Gasteiger partial charge on any atom is -0.456 e. The number of furan rings is 1. The van der Waals surface area contributed by atoms with Crippen LogP contribution in [0.25, 0.3) is 21.9 Å². The van der Waals surface area contributed by atoms with E-state index in [0.29, 0.717) is 17.8 Å². The number of hydrogen-bond acceptors (Lipinski definition) is 5. The first-order valence-corrected chi connectivity index (χ1v) is 27.9. The molecule has 0 saturated heterocycles. The van der Waals surface area contributed by atoms with Gasteiger partial charge in [0.2, 0.25) is 6.71 Å². The van der Waals surface area contributed by atoms with Crippen LogP contribution in [0.4, 0.5) is 51.2 Å². The van der Waals surface area contributed by atoms with Gasteiger partial charge in [0, 0.05) is 72.1 Å². The first-order chi connectivity index (χ1) is 37.2. The van der Waals surface area contributed by atoms with E-state index in [2.05, 4.69) is 275 Å². The van der Waals surface area contributed by atoms with Crippen molar-refractivity contribution in [1.29, 1.82) is 0 Å². The van der Waals surface area contributed by atoms with Crippen LogP contribution in [0.15, 0.2) is 233 Å². The molecule has 14 rings (SSSR count). The molecule has 0 spiro atoms. The van der Waals surface area contributed by atoms with Gasteiger partial charge in [0.25, 0.3) is 6.71 Å². The number of para-hydroxylation sites is 5. The normalized spacial score (nSPS) is 13.3. The van der Waals surface area contributed by atoms with Crippen LogP contribution in [-0.4, -0.2) is 13.4 Å². The van der Waals surface area contributed by atoms with Crippen molar-refractivity contribution in [3.8, 4) is 0 Å². The Bertz CT molecular complexity index is 3990. The molecule has 3 aliphatic heterocycles. The van der Waals surface area contributed by atoms with E-state index in [1.165, 1.54) is 64.9 Å². The molecule has 3 aliphatic rings. The minimum absolute atomic E-state index is 0.0401. The number of nitrogens with zero attached hydrogens (tertiary/aromatic N) is 3. The molecule has 7 heteroatoms. The Morgan fingerprint density at radius 1 is 0.382 bits per heavy atom. The highest BCUT2D eigenvalue weighted by Gasteiger charge is 2.46. The summed E-state index contributed by atoms with van der Waals surface area (Å²) in [7, 11) is 0. The van der Waals surface area contributed by atoms with E-state index in [0.717, 1.165) is 67.4 Å². The zero-order chi connectivity index (χ0) is 51.3. The third-order valence-corrected chi connectivity index (χ3v) is 17.4. The molecule has 11 aromatic rings. The zero-order valence-electron chi connectivity index (χ0n) is 43.8. The van der Waals surface area contributed by atoms with Gasteiger partial charge in [0.15, 0.2) is 0 Å². The third-order valence-electron chi connectivity index (χ3n) is 16.2. The fourth-order valence-electron chi connectivity index (χ4n) is 12.8. The van der Waals surface area contributed by atoms with Crippen molar-refractivity contribution < 1.29 is 4.42 Å². The van der Waals surface area contributed by atoms with E-state index in [-0.39, 0.29) is 13.4 Å². The van der Waals surface area contributed by atoms with Gasteiger partial charge >= 0.3 is 0 Å². The van der Waals surface area contributed by atoms with Crippen LogP contribution in [0.5, 0.6) is 0 Å². The Hall–Kier alpha value is -8.12. The van der Waals surface area contributed by atoms with Gasteiger partial charge in [-0.15, -0.1) is 0 Å². The Morgan fingerprint density at radius 3 is 1.62 bits per heavy atom. The molecule has 0 unspecified atom stereocenters. The van der Waals surface area contributed by atoms with Crippen LogP contribution in [0.2, 0.25) is 0 Å². The maximum absolute atomic E-state index is 6.68. The third kappa shape index (κ3) is 7.38. The lowest BCUT2D eigenvalue weighted by molar-refractivity contribution is 0.669. The first kappa shape index (κ1) is 46.4. The van der Waals surface area contributed by atoms with E-state index in [1.807, 2.05) is 11.8 Å². The lowest BCUT2D eigenvalue weighted by Crippen LogP contribution is -2.64. The predicted octanol–water partition coefficient (Wildman–Crippen LogP) is 15.5. The molecule has 0 fully saturated rings. The van der Waals surface area contributed by atoms with Gasteiger partial charge in [-0.25, -0.2) is 0 Å². The Labute approximate surface area is 451 Å². The highest BCUT2D eigenvalue weighted by molar-refractivity contribution is 8.00. The second-order valence-corrected chi connectivity index (χ2v) is 22.9. The maximum atomic E-state index is 6.68. The van der Waals surface area contributed by atoms with Gasteiger partial charge in [0.05, 0.1) is 5.69 Å². The highest BCUT2D eigenvalue weighted by atomic mass is 32.2. The minimum atomic E-state index is -0.0936. The average Bonchev–Trinajstić information content (AvgIpc) is 3.82. The van der Waals surface area contributed by atoms with Crippen LogP contribution >= 0.6 is 11.8 Å². The summed E-state index contributed by atoms with van der Waals surface area (Å²) in [6, 6.07) is 81.5. The molecule has 4 heterocycles. The molecule has 0 bridgehead atoms. The van der Waals surface area contributed by atoms with Crippen molar-refractivity contribution in [2.45, 2.75) is 69.1 Å².